The van der Waals surface area contributed by atoms with Crippen LogP contribution in [0.3, 0.4) is 0 Å². The molecule has 6 nitrogen and oxygen atoms in total. The van der Waals surface area contributed by atoms with E-state index < -0.39 is 0 Å². The van der Waals surface area contributed by atoms with Gasteiger partial charge in [-0.1, -0.05) is 0 Å². The molecule has 0 bridgehead atoms. The maximum atomic E-state index is 12.0. The van der Waals surface area contributed by atoms with Crippen LogP contribution in [-0.2, 0) is 9.59 Å². The topological polar surface area (TPSA) is 79.4 Å². The SMILES string of the molecule is Cc1ccc(C(=O)CCC(=O)CCC(=O)Nc2ccc(N(C)C)cn2)s1. The number of ketones is 2. The van der Waals surface area contributed by atoms with E-state index >= 15 is 0 Å². The van der Waals surface area contributed by atoms with E-state index in [1.807, 2.05) is 38.1 Å². The average molecular weight is 373 g/mol. The van der Waals surface area contributed by atoms with Crippen molar-refractivity contribution in [2.24, 2.45) is 0 Å². The fraction of sp³-hybridized carbons (Fsp3) is 0.368. The number of Topliss-reactive ketones (excluding diaryl/α,β-unsaturated/α-hetero) is 2. The zero-order chi connectivity index (χ0) is 19.1. The highest BCUT2D eigenvalue weighted by atomic mass is 32.1. The minimum absolute atomic E-state index is 0.0221. The Morgan fingerprint density at radius 1 is 1.04 bits per heavy atom. The molecule has 0 saturated carbocycles. The summed E-state index contributed by atoms with van der Waals surface area (Å²) >= 11 is 1.43. The van der Waals surface area contributed by atoms with Crippen LogP contribution in [-0.4, -0.2) is 36.6 Å². The first-order chi connectivity index (χ1) is 12.3. The average Bonchev–Trinajstić information content (AvgIpc) is 3.05. The highest BCUT2D eigenvalue weighted by Crippen LogP contribution is 2.18. The Morgan fingerprint density at radius 2 is 1.77 bits per heavy atom. The van der Waals surface area contributed by atoms with Crippen LogP contribution < -0.4 is 10.2 Å². The summed E-state index contributed by atoms with van der Waals surface area (Å²) < 4.78 is 0. The lowest BCUT2D eigenvalue weighted by Gasteiger charge is -2.12. The maximum absolute atomic E-state index is 12.0. The van der Waals surface area contributed by atoms with Gasteiger partial charge >= 0.3 is 0 Å². The lowest BCUT2D eigenvalue weighted by Crippen LogP contribution is -2.15. The Bertz CT molecular complexity index is 782. The van der Waals surface area contributed by atoms with Gasteiger partial charge in [0.25, 0.3) is 0 Å². The first-order valence-corrected chi connectivity index (χ1v) is 9.21. The van der Waals surface area contributed by atoms with Crippen molar-refractivity contribution >= 4 is 40.3 Å². The molecule has 0 saturated heterocycles. The predicted molar refractivity (Wildman–Crippen MR) is 104 cm³/mol. The summed E-state index contributed by atoms with van der Waals surface area (Å²) in [4.78, 5) is 43.6. The number of rotatable bonds is 9. The molecule has 1 amide bonds. The molecule has 7 heteroatoms. The Morgan fingerprint density at radius 3 is 2.35 bits per heavy atom. The van der Waals surface area contributed by atoms with Crippen molar-refractivity contribution in [2.45, 2.75) is 32.6 Å². The van der Waals surface area contributed by atoms with Crippen molar-refractivity contribution in [3.05, 3.63) is 40.2 Å². The van der Waals surface area contributed by atoms with E-state index in [9.17, 15) is 14.4 Å². The Balaban J connectivity index is 1.71. The van der Waals surface area contributed by atoms with Gasteiger partial charge in [0.05, 0.1) is 16.8 Å². The molecule has 0 unspecified atom stereocenters. The van der Waals surface area contributed by atoms with Gasteiger partial charge in [-0.05, 0) is 31.2 Å². The zero-order valence-corrected chi connectivity index (χ0v) is 16.1. The second-order valence-corrected chi connectivity index (χ2v) is 7.50. The van der Waals surface area contributed by atoms with Crippen LogP contribution in [0, 0.1) is 6.92 Å². The second-order valence-electron chi connectivity index (χ2n) is 6.22. The number of thiophene rings is 1. The van der Waals surface area contributed by atoms with Gasteiger partial charge in [-0.25, -0.2) is 4.98 Å². The quantitative estimate of drug-likeness (QED) is 0.681. The number of aryl methyl sites for hydroxylation is 1. The largest absolute Gasteiger partial charge is 0.376 e. The van der Waals surface area contributed by atoms with E-state index in [2.05, 4.69) is 10.3 Å². The lowest BCUT2D eigenvalue weighted by atomic mass is 10.1. The third-order valence-corrected chi connectivity index (χ3v) is 4.85. The van der Waals surface area contributed by atoms with Crippen molar-refractivity contribution in [1.82, 2.24) is 4.98 Å². The molecule has 0 aliphatic heterocycles. The van der Waals surface area contributed by atoms with Gasteiger partial charge in [-0.3, -0.25) is 14.4 Å². The molecular weight excluding hydrogens is 350 g/mol. The first-order valence-electron chi connectivity index (χ1n) is 8.39. The minimum atomic E-state index is -0.260. The molecular formula is C19H23N3O3S. The van der Waals surface area contributed by atoms with Crippen LogP contribution in [0.15, 0.2) is 30.5 Å². The van der Waals surface area contributed by atoms with Crippen molar-refractivity contribution in [3.8, 4) is 0 Å². The fourth-order valence-corrected chi connectivity index (χ4v) is 3.10. The lowest BCUT2D eigenvalue weighted by molar-refractivity contribution is -0.122. The summed E-state index contributed by atoms with van der Waals surface area (Å²) in [7, 11) is 3.82. The maximum Gasteiger partial charge on any atom is 0.225 e. The zero-order valence-electron chi connectivity index (χ0n) is 15.2. The van der Waals surface area contributed by atoms with E-state index in [1.54, 1.807) is 18.3 Å². The molecule has 0 fully saturated rings. The molecule has 2 rings (SSSR count). The summed E-state index contributed by atoms with van der Waals surface area (Å²) in [5, 5.41) is 2.67. The van der Waals surface area contributed by atoms with Gasteiger partial charge in [0.15, 0.2) is 5.78 Å². The van der Waals surface area contributed by atoms with Gasteiger partial charge < -0.3 is 10.2 Å². The molecule has 0 radical (unpaired) electrons. The Hall–Kier alpha value is -2.54. The fourth-order valence-electron chi connectivity index (χ4n) is 2.27. The molecule has 0 aliphatic rings. The Labute approximate surface area is 157 Å². The third kappa shape index (κ3) is 6.07. The molecule has 0 aromatic carbocycles. The van der Waals surface area contributed by atoms with Crippen LogP contribution in [0.25, 0.3) is 0 Å². The summed E-state index contributed by atoms with van der Waals surface area (Å²) in [6, 6.07) is 7.25. The number of aromatic nitrogens is 1. The molecule has 0 aliphatic carbocycles. The number of nitrogens with one attached hydrogen (secondary N) is 1. The summed E-state index contributed by atoms with van der Waals surface area (Å²) in [5.74, 6) is 0.0868. The van der Waals surface area contributed by atoms with Crippen LogP contribution in [0.1, 0.15) is 40.2 Å². The second kappa shape index (κ2) is 9.24. The van der Waals surface area contributed by atoms with E-state index in [1.165, 1.54) is 11.3 Å². The summed E-state index contributed by atoms with van der Waals surface area (Å²) in [6.07, 6.45) is 2.23. The van der Waals surface area contributed by atoms with Crippen LogP contribution in [0.2, 0.25) is 0 Å². The standard InChI is InChI=1S/C19H23N3O3S/c1-13-4-9-17(26-13)16(24)8-6-15(23)7-11-19(25)21-18-10-5-14(12-20-18)22(2)3/h4-5,9-10,12H,6-8,11H2,1-3H3,(H,20,21,25). The molecule has 2 heterocycles. The first kappa shape index (κ1) is 19.8. The van der Waals surface area contributed by atoms with Crippen LogP contribution in [0.5, 0.6) is 0 Å². The van der Waals surface area contributed by atoms with Crippen LogP contribution >= 0.6 is 11.3 Å². The third-order valence-electron chi connectivity index (χ3n) is 3.81. The molecule has 2 aromatic rings. The van der Waals surface area contributed by atoms with E-state index in [0.29, 0.717) is 10.7 Å². The van der Waals surface area contributed by atoms with Crippen molar-refractivity contribution in [1.29, 1.82) is 0 Å². The molecule has 26 heavy (non-hydrogen) atoms. The Kier molecular flexibility index (Phi) is 7.03. The smallest absolute Gasteiger partial charge is 0.225 e. The number of carbonyl (C=O) groups is 3. The molecule has 0 spiro atoms. The number of amides is 1. The number of nitrogens with zero attached hydrogens (tertiary/aromatic N) is 2. The highest BCUT2D eigenvalue weighted by Gasteiger charge is 2.13. The highest BCUT2D eigenvalue weighted by molar-refractivity contribution is 7.14. The normalized spacial score (nSPS) is 10.4. The molecule has 0 atom stereocenters. The number of pyridine rings is 1. The molecule has 138 valence electrons. The van der Waals surface area contributed by atoms with Crippen molar-refractivity contribution < 1.29 is 14.4 Å². The molecule has 2 aromatic heterocycles. The van der Waals surface area contributed by atoms with E-state index in [0.717, 1.165) is 10.6 Å². The number of carbonyl (C=O) groups excluding carboxylic acids is 3. The van der Waals surface area contributed by atoms with E-state index in [-0.39, 0.29) is 43.2 Å². The summed E-state index contributed by atoms with van der Waals surface area (Å²) in [5.41, 5.74) is 0.934. The number of hydrogen-bond donors (Lipinski definition) is 1. The molecule has 1 N–H and O–H groups in total. The van der Waals surface area contributed by atoms with Gasteiger partial charge in [0.2, 0.25) is 5.91 Å². The van der Waals surface area contributed by atoms with E-state index in [4.69, 9.17) is 0 Å². The van der Waals surface area contributed by atoms with Gasteiger partial charge in [0, 0.05) is 44.7 Å². The van der Waals surface area contributed by atoms with Crippen LogP contribution in [0.4, 0.5) is 11.5 Å². The number of hydrogen-bond acceptors (Lipinski definition) is 6. The van der Waals surface area contributed by atoms with Crippen molar-refractivity contribution in [2.75, 3.05) is 24.3 Å². The van der Waals surface area contributed by atoms with Gasteiger partial charge in [-0.15, -0.1) is 11.3 Å². The monoisotopic (exact) mass is 373 g/mol. The predicted octanol–water partition coefficient (Wildman–Crippen LogP) is 3.47. The summed E-state index contributed by atoms with van der Waals surface area (Å²) in [6.45, 7) is 1.94. The number of anilines is 2. The minimum Gasteiger partial charge on any atom is -0.376 e. The van der Waals surface area contributed by atoms with Gasteiger partial charge in [-0.2, -0.15) is 0 Å². The van der Waals surface area contributed by atoms with Crippen molar-refractivity contribution in [3.63, 3.8) is 0 Å². The van der Waals surface area contributed by atoms with Gasteiger partial charge in [0.1, 0.15) is 11.6 Å².